The van der Waals surface area contributed by atoms with Crippen LogP contribution in [0.25, 0.3) is 0 Å². The predicted octanol–water partition coefficient (Wildman–Crippen LogP) is 2.04. The maximum Gasteiger partial charge on any atom is 0.326 e. The van der Waals surface area contributed by atoms with Gasteiger partial charge in [0.1, 0.15) is 6.04 Å². The molecule has 6 heteroatoms. The highest BCUT2D eigenvalue weighted by Gasteiger charge is 2.16. The standard InChI is InChI=1S/C13H17ClN2O3/c1-2-11(12(17)18)16-13(19)15-8-7-9-3-5-10(14)6-4-9/h3-6,11H,2,7-8H2,1H3,(H,17,18)(H2,15,16,19)/t11-/m0/s1. The summed E-state index contributed by atoms with van der Waals surface area (Å²) in [5, 5.41) is 14.5. The third kappa shape index (κ3) is 5.61. The zero-order valence-electron chi connectivity index (χ0n) is 10.6. The molecular weight excluding hydrogens is 268 g/mol. The van der Waals surface area contributed by atoms with Crippen LogP contribution in [0.2, 0.25) is 5.02 Å². The number of carboxylic acids is 1. The lowest BCUT2D eigenvalue weighted by molar-refractivity contribution is -0.139. The molecule has 0 unspecified atom stereocenters. The molecule has 0 radical (unpaired) electrons. The minimum Gasteiger partial charge on any atom is -0.480 e. The third-order valence-corrected chi connectivity index (χ3v) is 2.88. The van der Waals surface area contributed by atoms with Crippen LogP contribution in [0.4, 0.5) is 4.79 Å². The number of rotatable bonds is 6. The normalized spacial score (nSPS) is 11.7. The molecule has 0 saturated carbocycles. The summed E-state index contributed by atoms with van der Waals surface area (Å²) in [5.74, 6) is -1.03. The molecule has 0 fully saturated rings. The number of nitrogens with one attached hydrogen (secondary N) is 2. The van der Waals surface area contributed by atoms with E-state index < -0.39 is 18.0 Å². The first kappa shape index (κ1) is 15.3. The van der Waals surface area contributed by atoms with Crippen molar-refractivity contribution in [1.29, 1.82) is 0 Å². The zero-order valence-corrected chi connectivity index (χ0v) is 11.4. The van der Waals surface area contributed by atoms with Gasteiger partial charge in [-0.3, -0.25) is 0 Å². The van der Waals surface area contributed by atoms with Crippen molar-refractivity contribution in [1.82, 2.24) is 10.6 Å². The Bertz CT molecular complexity index is 434. The van der Waals surface area contributed by atoms with Crippen molar-refractivity contribution in [3.63, 3.8) is 0 Å². The van der Waals surface area contributed by atoms with Crippen molar-refractivity contribution < 1.29 is 14.7 Å². The molecular formula is C13H17ClN2O3. The van der Waals surface area contributed by atoms with Gasteiger partial charge in [0.25, 0.3) is 0 Å². The van der Waals surface area contributed by atoms with Gasteiger partial charge in [-0.2, -0.15) is 0 Å². The number of hydrogen-bond acceptors (Lipinski definition) is 2. The van der Waals surface area contributed by atoms with Crippen LogP contribution in [0, 0.1) is 0 Å². The summed E-state index contributed by atoms with van der Waals surface area (Å²) in [7, 11) is 0. The van der Waals surface area contributed by atoms with E-state index in [2.05, 4.69) is 10.6 Å². The summed E-state index contributed by atoms with van der Waals surface area (Å²) in [5.41, 5.74) is 1.05. The van der Waals surface area contributed by atoms with Crippen molar-refractivity contribution in [3.8, 4) is 0 Å². The Morgan fingerprint density at radius 3 is 2.47 bits per heavy atom. The first-order chi connectivity index (χ1) is 9.02. The topological polar surface area (TPSA) is 78.4 Å². The number of benzene rings is 1. The number of urea groups is 1. The van der Waals surface area contributed by atoms with Gasteiger partial charge in [-0.05, 0) is 30.5 Å². The fourth-order valence-electron chi connectivity index (χ4n) is 1.52. The molecule has 0 aliphatic carbocycles. The van der Waals surface area contributed by atoms with E-state index in [-0.39, 0.29) is 0 Å². The maximum atomic E-state index is 11.5. The molecule has 1 atom stereocenters. The number of hydrogen-bond donors (Lipinski definition) is 3. The van der Waals surface area contributed by atoms with Gasteiger partial charge in [0, 0.05) is 11.6 Å². The van der Waals surface area contributed by atoms with Crippen LogP contribution >= 0.6 is 11.6 Å². The number of aliphatic carboxylic acids is 1. The van der Waals surface area contributed by atoms with Gasteiger partial charge >= 0.3 is 12.0 Å². The fraction of sp³-hybridized carbons (Fsp3) is 0.385. The molecule has 1 rings (SSSR count). The monoisotopic (exact) mass is 284 g/mol. The Hall–Kier alpha value is -1.75. The molecule has 0 saturated heterocycles. The zero-order chi connectivity index (χ0) is 14.3. The van der Waals surface area contributed by atoms with Crippen LogP contribution in [-0.2, 0) is 11.2 Å². The second-order valence-corrected chi connectivity index (χ2v) is 4.51. The average Bonchev–Trinajstić information content (AvgIpc) is 2.38. The third-order valence-electron chi connectivity index (χ3n) is 2.62. The van der Waals surface area contributed by atoms with E-state index in [1.807, 2.05) is 12.1 Å². The Morgan fingerprint density at radius 1 is 1.32 bits per heavy atom. The molecule has 104 valence electrons. The quantitative estimate of drug-likeness (QED) is 0.748. The lowest BCUT2D eigenvalue weighted by Crippen LogP contribution is -2.46. The highest BCUT2D eigenvalue weighted by molar-refractivity contribution is 6.30. The number of carbonyl (C=O) groups excluding carboxylic acids is 1. The van der Waals surface area contributed by atoms with E-state index in [0.29, 0.717) is 24.4 Å². The average molecular weight is 285 g/mol. The predicted molar refractivity (Wildman–Crippen MR) is 73.4 cm³/mol. The molecule has 0 spiro atoms. The molecule has 3 N–H and O–H groups in total. The van der Waals surface area contributed by atoms with E-state index in [1.54, 1.807) is 19.1 Å². The van der Waals surface area contributed by atoms with Gasteiger partial charge in [0.05, 0.1) is 0 Å². The Morgan fingerprint density at radius 2 is 1.95 bits per heavy atom. The Kier molecular flexibility index (Phi) is 6.15. The largest absolute Gasteiger partial charge is 0.480 e. The second-order valence-electron chi connectivity index (χ2n) is 4.08. The second kappa shape index (κ2) is 7.63. The lowest BCUT2D eigenvalue weighted by Gasteiger charge is -2.13. The van der Waals surface area contributed by atoms with Crippen LogP contribution in [0.3, 0.4) is 0 Å². The molecule has 5 nitrogen and oxygen atoms in total. The van der Waals surface area contributed by atoms with Crippen molar-refractivity contribution in [2.24, 2.45) is 0 Å². The smallest absolute Gasteiger partial charge is 0.326 e. The number of carboxylic acid groups (broad SMARTS) is 1. The Balaban J connectivity index is 2.30. The molecule has 2 amide bonds. The van der Waals surface area contributed by atoms with Crippen molar-refractivity contribution >= 4 is 23.6 Å². The van der Waals surface area contributed by atoms with E-state index in [4.69, 9.17) is 16.7 Å². The lowest BCUT2D eigenvalue weighted by atomic mass is 10.1. The number of carbonyl (C=O) groups is 2. The fourth-order valence-corrected chi connectivity index (χ4v) is 1.65. The van der Waals surface area contributed by atoms with Crippen LogP contribution < -0.4 is 10.6 Å². The molecule has 0 aliphatic rings. The van der Waals surface area contributed by atoms with Crippen LogP contribution in [0.1, 0.15) is 18.9 Å². The first-order valence-electron chi connectivity index (χ1n) is 6.04. The van der Waals surface area contributed by atoms with Gasteiger partial charge in [0.15, 0.2) is 0 Å². The highest BCUT2D eigenvalue weighted by Crippen LogP contribution is 2.09. The van der Waals surface area contributed by atoms with Crippen LogP contribution in [0.15, 0.2) is 24.3 Å². The minimum atomic E-state index is -1.03. The molecule has 0 aliphatic heterocycles. The van der Waals surface area contributed by atoms with Gasteiger partial charge in [0.2, 0.25) is 0 Å². The summed E-state index contributed by atoms with van der Waals surface area (Å²) in [6, 6.07) is 6.02. The minimum absolute atomic E-state index is 0.347. The molecule has 1 aromatic carbocycles. The van der Waals surface area contributed by atoms with Crippen LogP contribution in [0.5, 0.6) is 0 Å². The molecule has 0 aromatic heterocycles. The van der Waals surface area contributed by atoms with Crippen molar-refractivity contribution in [2.45, 2.75) is 25.8 Å². The summed E-state index contributed by atoms with van der Waals surface area (Å²) in [4.78, 5) is 22.2. The molecule has 0 bridgehead atoms. The molecule has 1 aromatic rings. The van der Waals surface area contributed by atoms with Gasteiger partial charge in [-0.25, -0.2) is 9.59 Å². The highest BCUT2D eigenvalue weighted by atomic mass is 35.5. The summed E-state index contributed by atoms with van der Waals surface area (Å²) < 4.78 is 0. The maximum absolute atomic E-state index is 11.5. The summed E-state index contributed by atoms with van der Waals surface area (Å²) in [6.45, 7) is 2.14. The van der Waals surface area contributed by atoms with E-state index in [9.17, 15) is 9.59 Å². The molecule has 0 heterocycles. The van der Waals surface area contributed by atoms with Gasteiger partial charge in [-0.15, -0.1) is 0 Å². The van der Waals surface area contributed by atoms with Gasteiger partial charge in [-0.1, -0.05) is 30.7 Å². The van der Waals surface area contributed by atoms with E-state index in [0.717, 1.165) is 5.56 Å². The summed E-state index contributed by atoms with van der Waals surface area (Å²) in [6.07, 6.45) is 1.01. The number of halogens is 1. The SMILES string of the molecule is CC[C@H](NC(=O)NCCc1ccc(Cl)cc1)C(=O)O. The number of amides is 2. The van der Waals surface area contributed by atoms with E-state index >= 15 is 0 Å². The molecule has 19 heavy (non-hydrogen) atoms. The summed E-state index contributed by atoms with van der Waals surface area (Å²) >= 11 is 5.76. The first-order valence-corrected chi connectivity index (χ1v) is 6.42. The Labute approximate surface area is 117 Å². The van der Waals surface area contributed by atoms with Gasteiger partial charge < -0.3 is 15.7 Å². The van der Waals surface area contributed by atoms with Crippen molar-refractivity contribution in [2.75, 3.05) is 6.54 Å². The van der Waals surface area contributed by atoms with Crippen molar-refractivity contribution in [3.05, 3.63) is 34.9 Å². The van der Waals surface area contributed by atoms with Crippen LogP contribution in [-0.4, -0.2) is 29.7 Å². The van der Waals surface area contributed by atoms with E-state index in [1.165, 1.54) is 0 Å².